The quantitative estimate of drug-likeness (QED) is 0.333. The number of para-hydroxylation sites is 1. The van der Waals surface area contributed by atoms with E-state index in [2.05, 4.69) is 10.2 Å². The number of thioether (sulfide) groups is 1. The third kappa shape index (κ3) is 6.43. The number of rotatable bonds is 7. The van der Waals surface area contributed by atoms with E-state index in [0.29, 0.717) is 10.9 Å². The highest BCUT2D eigenvalue weighted by Crippen LogP contribution is 2.22. The molecule has 0 aliphatic rings. The lowest BCUT2D eigenvalue weighted by Gasteiger charge is -2.08. The molecule has 3 aromatic rings. The van der Waals surface area contributed by atoms with E-state index < -0.39 is 11.6 Å². The van der Waals surface area contributed by atoms with Crippen LogP contribution in [-0.2, 0) is 12.4 Å². The number of nitrogens with two attached hydrogens (primary N) is 1. The maximum absolute atomic E-state index is 13.6. The van der Waals surface area contributed by atoms with Crippen LogP contribution in [0.4, 0.5) is 8.78 Å². The highest BCUT2D eigenvalue weighted by atomic mass is 32.2. The van der Waals surface area contributed by atoms with E-state index in [9.17, 15) is 8.78 Å². The molecule has 7 heteroatoms. The average molecular weight is 411 g/mol. The largest absolute Gasteiger partial charge is 0.483 e. The Kier molecular flexibility index (Phi) is 7.35. The molecule has 3 rings (SSSR count). The highest BCUT2D eigenvalue weighted by molar-refractivity contribution is 8.13. The van der Waals surface area contributed by atoms with Crippen LogP contribution in [0.5, 0.6) is 5.75 Å². The first-order valence-corrected chi connectivity index (χ1v) is 9.79. The molecule has 0 atom stereocenters. The monoisotopic (exact) mass is 411 g/mol. The minimum atomic E-state index is -0.736. The maximum atomic E-state index is 13.6. The molecule has 0 fully saturated rings. The van der Waals surface area contributed by atoms with Crippen LogP contribution in [0, 0.1) is 11.6 Å². The Morgan fingerprint density at radius 3 is 2.38 bits per heavy atom. The molecule has 0 heterocycles. The number of amidine groups is 1. The predicted molar refractivity (Wildman–Crippen MR) is 114 cm³/mol. The van der Waals surface area contributed by atoms with E-state index in [1.54, 1.807) is 24.4 Å². The summed E-state index contributed by atoms with van der Waals surface area (Å²) >= 11 is 1.40. The van der Waals surface area contributed by atoms with Crippen molar-refractivity contribution in [3.63, 3.8) is 0 Å². The predicted octanol–water partition coefficient (Wildman–Crippen LogP) is 5.13. The van der Waals surface area contributed by atoms with Gasteiger partial charge in [-0.15, -0.1) is 5.10 Å². The van der Waals surface area contributed by atoms with Gasteiger partial charge in [-0.3, -0.25) is 0 Å². The van der Waals surface area contributed by atoms with Gasteiger partial charge in [-0.2, -0.15) is 5.10 Å². The summed E-state index contributed by atoms with van der Waals surface area (Å²) in [5.41, 5.74) is 8.53. The summed E-state index contributed by atoms with van der Waals surface area (Å²) in [5, 5.41) is 8.34. The van der Waals surface area contributed by atoms with Gasteiger partial charge in [-0.1, -0.05) is 66.4 Å². The Morgan fingerprint density at radius 2 is 1.62 bits per heavy atom. The second-order valence-electron chi connectivity index (χ2n) is 6.04. The van der Waals surface area contributed by atoms with Gasteiger partial charge in [0.1, 0.15) is 6.61 Å². The number of hydrogen-bond acceptors (Lipinski definition) is 4. The van der Waals surface area contributed by atoms with Gasteiger partial charge in [0.2, 0.25) is 0 Å². The van der Waals surface area contributed by atoms with Crippen LogP contribution >= 0.6 is 11.8 Å². The van der Waals surface area contributed by atoms with E-state index in [1.807, 2.05) is 36.4 Å². The molecule has 0 radical (unpaired) electrons. The standard InChI is InChI=1S/C22H19F2N3OS/c23-19-10-5-11-20(24)21(19)28-14-18-9-4-8-17(12-18)13-26-27-22(25)29-15-16-6-2-1-3-7-16/h1-13H,14-15H2,(H2,25,27). The molecule has 0 bridgehead atoms. The van der Waals surface area contributed by atoms with Crippen LogP contribution in [0.1, 0.15) is 16.7 Å². The fourth-order valence-corrected chi connectivity index (χ4v) is 3.06. The Bertz CT molecular complexity index is 990. The van der Waals surface area contributed by atoms with Crippen LogP contribution in [0.3, 0.4) is 0 Å². The van der Waals surface area contributed by atoms with Crippen molar-refractivity contribution < 1.29 is 13.5 Å². The van der Waals surface area contributed by atoms with Crippen molar-refractivity contribution in [1.29, 1.82) is 0 Å². The Hall–Kier alpha value is -3.19. The lowest BCUT2D eigenvalue weighted by Crippen LogP contribution is -2.06. The fraction of sp³-hybridized carbons (Fsp3) is 0.0909. The minimum Gasteiger partial charge on any atom is -0.483 e. The molecule has 0 amide bonds. The van der Waals surface area contributed by atoms with Crippen LogP contribution in [0.15, 0.2) is 83.0 Å². The van der Waals surface area contributed by atoms with Gasteiger partial charge in [0.05, 0.1) is 6.21 Å². The van der Waals surface area contributed by atoms with Crippen LogP contribution < -0.4 is 10.5 Å². The van der Waals surface area contributed by atoms with Gasteiger partial charge in [0, 0.05) is 5.75 Å². The molecule has 4 nitrogen and oxygen atoms in total. The number of hydrogen-bond donors (Lipinski definition) is 1. The summed E-state index contributed by atoms with van der Waals surface area (Å²) < 4.78 is 32.5. The molecular weight excluding hydrogens is 392 g/mol. The number of nitrogens with zero attached hydrogens (tertiary/aromatic N) is 2. The summed E-state index contributed by atoms with van der Waals surface area (Å²) in [6.45, 7) is 0.0257. The molecule has 0 saturated heterocycles. The summed E-state index contributed by atoms with van der Waals surface area (Å²) in [7, 11) is 0. The Labute approximate surface area is 172 Å². The number of ether oxygens (including phenoxy) is 1. The van der Waals surface area contributed by atoms with E-state index in [4.69, 9.17) is 10.5 Å². The Balaban J connectivity index is 1.56. The fourth-order valence-electron chi connectivity index (χ4n) is 2.45. The first kappa shape index (κ1) is 20.5. The summed E-state index contributed by atoms with van der Waals surface area (Å²) in [5.74, 6) is -1.15. The van der Waals surface area contributed by atoms with Crippen molar-refractivity contribution in [2.75, 3.05) is 0 Å². The lowest BCUT2D eigenvalue weighted by molar-refractivity contribution is 0.274. The molecule has 0 saturated carbocycles. The van der Waals surface area contributed by atoms with Gasteiger partial charge < -0.3 is 10.5 Å². The molecule has 2 N–H and O–H groups in total. The van der Waals surface area contributed by atoms with E-state index in [0.717, 1.165) is 28.8 Å². The maximum Gasteiger partial charge on any atom is 0.191 e. The summed E-state index contributed by atoms with van der Waals surface area (Å²) in [6.07, 6.45) is 1.56. The first-order chi connectivity index (χ1) is 14.1. The van der Waals surface area contributed by atoms with Gasteiger partial charge in [-0.25, -0.2) is 8.78 Å². The minimum absolute atomic E-state index is 0.0257. The van der Waals surface area contributed by atoms with Crippen LogP contribution in [-0.4, -0.2) is 11.4 Å². The molecule has 3 aromatic carbocycles. The number of benzene rings is 3. The summed E-state index contributed by atoms with van der Waals surface area (Å²) in [4.78, 5) is 0. The number of halogens is 2. The van der Waals surface area contributed by atoms with Crippen LogP contribution in [0.2, 0.25) is 0 Å². The zero-order chi connectivity index (χ0) is 20.5. The molecule has 0 unspecified atom stereocenters. The molecule has 29 heavy (non-hydrogen) atoms. The third-order valence-corrected chi connectivity index (χ3v) is 4.70. The van der Waals surface area contributed by atoms with Crippen molar-refractivity contribution >= 4 is 23.1 Å². The second kappa shape index (κ2) is 10.4. The second-order valence-corrected chi connectivity index (χ2v) is 7.04. The van der Waals surface area contributed by atoms with Gasteiger partial charge >= 0.3 is 0 Å². The van der Waals surface area contributed by atoms with Crippen molar-refractivity contribution in [3.8, 4) is 5.75 Å². The van der Waals surface area contributed by atoms with E-state index in [-0.39, 0.29) is 12.4 Å². The lowest BCUT2D eigenvalue weighted by atomic mass is 10.1. The SMILES string of the molecule is NC(=NN=Cc1cccc(COc2c(F)cccc2F)c1)SCc1ccccc1. The first-order valence-electron chi connectivity index (χ1n) is 8.81. The molecule has 0 aliphatic carbocycles. The third-order valence-electron chi connectivity index (χ3n) is 3.85. The topological polar surface area (TPSA) is 60.0 Å². The summed E-state index contributed by atoms with van der Waals surface area (Å²) in [6, 6.07) is 20.8. The highest BCUT2D eigenvalue weighted by Gasteiger charge is 2.09. The molecular formula is C22H19F2N3OS. The molecule has 148 valence electrons. The van der Waals surface area contributed by atoms with Gasteiger partial charge in [0.15, 0.2) is 22.6 Å². The van der Waals surface area contributed by atoms with Crippen molar-refractivity contribution in [3.05, 3.63) is 101 Å². The smallest absolute Gasteiger partial charge is 0.191 e. The average Bonchev–Trinajstić information content (AvgIpc) is 2.73. The molecule has 0 aromatic heterocycles. The van der Waals surface area contributed by atoms with Crippen molar-refractivity contribution in [2.45, 2.75) is 12.4 Å². The van der Waals surface area contributed by atoms with E-state index in [1.165, 1.54) is 17.8 Å². The Morgan fingerprint density at radius 1 is 0.931 bits per heavy atom. The zero-order valence-corrected chi connectivity index (χ0v) is 16.3. The normalized spacial score (nSPS) is 11.7. The van der Waals surface area contributed by atoms with Crippen molar-refractivity contribution in [2.24, 2.45) is 15.9 Å². The van der Waals surface area contributed by atoms with E-state index >= 15 is 0 Å². The van der Waals surface area contributed by atoms with Crippen molar-refractivity contribution in [1.82, 2.24) is 0 Å². The van der Waals surface area contributed by atoms with Gasteiger partial charge in [0.25, 0.3) is 0 Å². The van der Waals surface area contributed by atoms with Crippen LogP contribution in [0.25, 0.3) is 0 Å². The zero-order valence-electron chi connectivity index (χ0n) is 15.5. The molecule has 0 aliphatic heterocycles. The van der Waals surface area contributed by atoms with Gasteiger partial charge in [-0.05, 0) is 34.9 Å². The molecule has 0 spiro atoms.